The van der Waals surface area contributed by atoms with Crippen LogP contribution in [0.2, 0.25) is 0 Å². The highest BCUT2D eigenvalue weighted by Crippen LogP contribution is 1.96. The largest absolute Gasteiger partial charge is 0.338 e. The molecule has 0 unspecified atom stereocenters. The van der Waals surface area contributed by atoms with Gasteiger partial charge in [-0.2, -0.15) is 5.26 Å². The molecule has 0 aliphatic carbocycles. The van der Waals surface area contributed by atoms with Crippen molar-refractivity contribution >= 4 is 0 Å². The summed E-state index contributed by atoms with van der Waals surface area (Å²) in [5.41, 5.74) is 0. The third-order valence-corrected chi connectivity index (χ3v) is 1.38. The minimum atomic E-state index is 0.546. The first-order valence-electron chi connectivity index (χ1n) is 3.17. The second-order valence-corrected chi connectivity index (χ2v) is 2.11. The fraction of sp³-hybridized carbons (Fsp3) is 0.429. The molecule has 0 aliphatic rings. The summed E-state index contributed by atoms with van der Waals surface area (Å²) in [7, 11) is 1.93. The average molecular weight is 135 g/mol. The van der Waals surface area contributed by atoms with E-state index in [-0.39, 0.29) is 0 Å². The first kappa shape index (κ1) is 6.81. The Morgan fingerprint density at radius 2 is 2.60 bits per heavy atom. The van der Waals surface area contributed by atoms with E-state index in [1.165, 1.54) is 0 Å². The molecule has 52 valence electrons. The molecule has 0 saturated heterocycles. The van der Waals surface area contributed by atoms with E-state index in [9.17, 15) is 0 Å². The Bertz CT molecular complexity index is 244. The maximum absolute atomic E-state index is 8.27. The van der Waals surface area contributed by atoms with Gasteiger partial charge in [0, 0.05) is 32.3 Å². The molecule has 0 amide bonds. The molecular formula is C7H9N3. The zero-order valence-electron chi connectivity index (χ0n) is 5.91. The van der Waals surface area contributed by atoms with E-state index in [1.54, 1.807) is 6.20 Å². The minimum Gasteiger partial charge on any atom is -0.338 e. The minimum absolute atomic E-state index is 0.546. The molecule has 0 saturated carbocycles. The van der Waals surface area contributed by atoms with Gasteiger partial charge in [-0.3, -0.25) is 0 Å². The molecule has 0 bridgehead atoms. The summed E-state index contributed by atoms with van der Waals surface area (Å²) in [6.07, 6.45) is 4.92. The zero-order chi connectivity index (χ0) is 7.40. The van der Waals surface area contributed by atoms with Crippen molar-refractivity contribution in [3.63, 3.8) is 0 Å². The highest BCUT2D eigenvalue weighted by atomic mass is 15.0. The average Bonchev–Trinajstić information content (AvgIpc) is 2.31. The van der Waals surface area contributed by atoms with Crippen molar-refractivity contribution in [2.45, 2.75) is 12.8 Å². The van der Waals surface area contributed by atoms with Gasteiger partial charge in [-0.25, -0.2) is 4.98 Å². The number of nitrogens with zero attached hydrogens (tertiary/aromatic N) is 3. The lowest BCUT2D eigenvalue weighted by Crippen LogP contribution is -1.95. The Hall–Kier alpha value is -1.30. The topological polar surface area (TPSA) is 41.6 Å². The van der Waals surface area contributed by atoms with E-state index in [0.29, 0.717) is 6.42 Å². The fourth-order valence-electron chi connectivity index (χ4n) is 0.805. The molecule has 3 nitrogen and oxygen atoms in total. The van der Waals surface area contributed by atoms with Crippen LogP contribution in [0.1, 0.15) is 12.2 Å². The summed E-state index contributed by atoms with van der Waals surface area (Å²) in [6, 6.07) is 2.08. The van der Waals surface area contributed by atoms with Gasteiger partial charge in [0.15, 0.2) is 0 Å². The highest BCUT2D eigenvalue weighted by Gasteiger charge is 1.95. The van der Waals surface area contributed by atoms with Crippen molar-refractivity contribution in [1.29, 1.82) is 5.26 Å². The first-order chi connectivity index (χ1) is 4.84. The smallest absolute Gasteiger partial charge is 0.109 e. The van der Waals surface area contributed by atoms with Gasteiger partial charge < -0.3 is 4.57 Å². The number of aryl methyl sites for hydroxylation is 2. The second kappa shape index (κ2) is 3.02. The molecule has 0 N–H and O–H groups in total. The van der Waals surface area contributed by atoms with Gasteiger partial charge >= 0.3 is 0 Å². The number of rotatable bonds is 2. The molecule has 0 radical (unpaired) electrons. The lowest BCUT2D eigenvalue weighted by Gasteiger charge is -1.95. The number of nitriles is 1. The molecule has 1 heterocycles. The first-order valence-corrected chi connectivity index (χ1v) is 3.17. The van der Waals surface area contributed by atoms with Crippen LogP contribution in [0.3, 0.4) is 0 Å². The van der Waals surface area contributed by atoms with Gasteiger partial charge in [0.25, 0.3) is 0 Å². The van der Waals surface area contributed by atoms with Gasteiger partial charge in [-0.1, -0.05) is 0 Å². The summed E-state index contributed by atoms with van der Waals surface area (Å²) in [4.78, 5) is 4.07. The number of hydrogen-bond acceptors (Lipinski definition) is 2. The SMILES string of the molecule is Cn1ccnc1CCC#N. The Labute approximate surface area is 59.9 Å². The van der Waals surface area contributed by atoms with Crippen molar-refractivity contribution in [2.75, 3.05) is 0 Å². The predicted molar refractivity (Wildman–Crippen MR) is 37.1 cm³/mol. The van der Waals surface area contributed by atoms with Gasteiger partial charge in [-0.15, -0.1) is 0 Å². The molecule has 0 atom stereocenters. The van der Waals surface area contributed by atoms with E-state index >= 15 is 0 Å². The van der Waals surface area contributed by atoms with E-state index in [1.807, 2.05) is 17.8 Å². The molecule has 0 aliphatic heterocycles. The maximum atomic E-state index is 8.27. The molecule has 10 heavy (non-hydrogen) atoms. The van der Waals surface area contributed by atoms with Crippen LogP contribution in [0.5, 0.6) is 0 Å². The van der Waals surface area contributed by atoms with Crippen molar-refractivity contribution < 1.29 is 0 Å². The second-order valence-electron chi connectivity index (χ2n) is 2.11. The van der Waals surface area contributed by atoms with Gasteiger partial charge in [0.05, 0.1) is 6.07 Å². The number of aromatic nitrogens is 2. The van der Waals surface area contributed by atoms with Crippen LogP contribution >= 0.6 is 0 Å². The van der Waals surface area contributed by atoms with Crippen LogP contribution in [0.15, 0.2) is 12.4 Å². The Kier molecular flexibility index (Phi) is 2.06. The van der Waals surface area contributed by atoms with E-state index < -0.39 is 0 Å². The standard InChI is InChI=1S/C7H9N3/c1-10-6-5-9-7(10)3-2-4-8/h5-6H,2-3H2,1H3. The maximum Gasteiger partial charge on any atom is 0.109 e. The molecule has 0 aromatic carbocycles. The van der Waals surface area contributed by atoms with Crippen molar-refractivity contribution in [3.8, 4) is 6.07 Å². The van der Waals surface area contributed by atoms with Crippen LogP contribution in [0.25, 0.3) is 0 Å². The van der Waals surface area contributed by atoms with Crippen LogP contribution < -0.4 is 0 Å². The summed E-state index contributed by atoms with van der Waals surface area (Å²) >= 11 is 0. The molecule has 1 rings (SSSR count). The Morgan fingerprint density at radius 3 is 3.10 bits per heavy atom. The monoisotopic (exact) mass is 135 g/mol. The van der Waals surface area contributed by atoms with E-state index in [0.717, 1.165) is 12.2 Å². The molecule has 3 heteroatoms. The lowest BCUT2D eigenvalue weighted by atomic mass is 10.3. The van der Waals surface area contributed by atoms with Crippen molar-refractivity contribution in [2.24, 2.45) is 7.05 Å². The fourth-order valence-corrected chi connectivity index (χ4v) is 0.805. The normalized spacial score (nSPS) is 9.20. The summed E-state index contributed by atoms with van der Waals surface area (Å²) in [5, 5.41) is 8.27. The third-order valence-electron chi connectivity index (χ3n) is 1.38. The van der Waals surface area contributed by atoms with Gasteiger partial charge in [0.1, 0.15) is 5.82 Å². The highest BCUT2D eigenvalue weighted by molar-refractivity contribution is 4.93. The molecule has 1 aromatic heterocycles. The Morgan fingerprint density at radius 1 is 1.80 bits per heavy atom. The molecule has 1 aromatic rings. The molecule has 0 spiro atoms. The van der Waals surface area contributed by atoms with Crippen molar-refractivity contribution in [1.82, 2.24) is 9.55 Å². The molecule has 0 fully saturated rings. The third kappa shape index (κ3) is 1.35. The van der Waals surface area contributed by atoms with E-state index in [2.05, 4.69) is 11.1 Å². The predicted octanol–water partition coefficient (Wildman–Crippen LogP) is 0.876. The van der Waals surface area contributed by atoms with Crippen LogP contribution in [-0.4, -0.2) is 9.55 Å². The lowest BCUT2D eigenvalue weighted by molar-refractivity contribution is 0.783. The summed E-state index contributed by atoms with van der Waals surface area (Å²) in [6.45, 7) is 0. The van der Waals surface area contributed by atoms with Crippen LogP contribution in [0.4, 0.5) is 0 Å². The summed E-state index contributed by atoms with van der Waals surface area (Å²) in [5.74, 6) is 0.974. The number of hydrogen-bond donors (Lipinski definition) is 0. The van der Waals surface area contributed by atoms with Crippen LogP contribution in [-0.2, 0) is 13.5 Å². The zero-order valence-corrected chi connectivity index (χ0v) is 5.91. The van der Waals surface area contributed by atoms with E-state index in [4.69, 9.17) is 5.26 Å². The quantitative estimate of drug-likeness (QED) is 0.604. The molecular weight excluding hydrogens is 126 g/mol. The number of imidazole rings is 1. The summed E-state index contributed by atoms with van der Waals surface area (Å²) < 4.78 is 1.93. The van der Waals surface area contributed by atoms with Gasteiger partial charge in [0.2, 0.25) is 0 Å². The van der Waals surface area contributed by atoms with Crippen molar-refractivity contribution in [3.05, 3.63) is 18.2 Å². The van der Waals surface area contributed by atoms with Gasteiger partial charge in [-0.05, 0) is 0 Å². The Balaban J connectivity index is 2.59. The van der Waals surface area contributed by atoms with Crippen LogP contribution in [0, 0.1) is 11.3 Å².